The minimum absolute atomic E-state index is 0.296. The van der Waals surface area contributed by atoms with E-state index >= 15 is 0 Å². The quantitative estimate of drug-likeness (QED) is 0.910. The van der Waals surface area contributed by atoms with Crippen molar-refractivity contribution in [3.05, 3.63) is 21.8 Å². The van der Waals surface area contributed by atoms with Crippen LogP contribution in [0.5, 0.6) is 0 Å². The van der Waals surface area contributed by atoms with Gasteiger partial charge in [-0.3, -0.25) is 4.79 Å². The Morgan fingerprint density at radius 1 is 1.59 bits per heavy atom. The fraction of sp³-hybridized carbons (Fsp3) is 0.455. The molecule has 4 nitrogen and oxygen atoms in total. The summed E-state index contributed by atoms with van der Waals surface area (Å²) in [6.45, 7) is 0.766. The molecule has 1 saturated heterocycles. The van der Waals surface area contributed by atoms with E-state index in [1.165, 1.54) is 0 Å². The summed E-state index contributed by atoms with van der Waals surface area (Å²) < 4.78 is 0.818. The molecule has 6 heteroatoms. The van der Waals surface area contributed by atoms with Gasteiger partial charge in [-0.25, -0.2) is 4.98 Å². The number of carbonyl (C=O) groups is 1. The largest absolute Gasteiger partial charge is 0.368 e. The van der Waals surface area contributed by atoms with E-state index in [-0.39, 0.29) is 11.9 Å². The molecule has 1 atom stereocenters. The fourth-order valence-corrected chi connectivity index (χ4v) is 2.84. The molecule has 0 spiro atoms. The van der Waals surface area contributed by atoms with E-state index in [0.29, 0.717) is 10.8 Å². The van der Waals surface area contributed by atoms with Crippen molar-refractivity contribution in [2.45, 2.75) is 25.3 Å². The summed E-state index contributed by atoms with van der Waals surface area (Å²) in [6.07, 6.45) is 4.48. The summed E-state index contributed by atoms with van der Waals surface area (Å²) in [5.41, 5.74) is 5.41. The molecule has 1 aliphatic rings. The van der Waals surface area contributed by atoms with Crippen LogP contribution < -0.4 is 10.6 Å². The van der Waals surface area contributed by atoms with Gasteiger partial charge < -0.3 is 10.6 Å². The molecule has 2 rings (SSSR count). The lowest BCUT2D eigenvalue weighted by molar-refractivity contribution is -0.119. The highest BCUT2D eigenvalue weighted by atomic mass is 79.9. The molecular formula is C11H13BrClN3O. The molecule has 92 valence electrons. The Labute approximate surface area is 113 Å². The van der Waals surface area contributed by atoms with Crippen molar-refractivity contribution in [2.75, 3.05) is 11.4 Å². The van der Waals surface area contributed by atoms with Crippen LogP contribution >= 0.6 is 27.5 Å². The number of rotatable bonds is 2. The van der Waals surface area contributed by atoms with Crippen molar-refractivity contribution in [3.8, 4) is 0 Å². The maximum Gasteiger partial charge on any atom is 0.240 e. The molecular weight excluding hydrogens is 305 g/mol. The maximum absolute atomic E-state index is 11.4. The number of nitrogens with zero attached hydrogens (tertiary/aromatic N) is 2. The standard InChI is InChI=1S/C11H13BrClN3O/c12-7-5-8(13)11(15-6-7)16-4-2-1-3-9(16)10(14)17/h5-6,9H,1-4H2,(H2,14,17). The molecule has 0 aliphatic carbocycles. The molecule has 1 aromatic heterocycles. The van der Waals surface area contributed by atoms with Crippen LogP contribution in [-0.2, 0) is 4.79 Å². The number of hydrogen-bond donors (Lipinski definition) is 1. The topological polar surface area (TPSA) is 59.2 Å². The van der Waals surface area contributed by atoms with Crippen molar-refractivity contribution in [1.82, 2.24) is 4.98 Å². The third-order valence-electron chi connectivity index (χ3n) is 2.89. The highest BCUT2D eigenvalue weighted by Gasteiger charge is 2.29. The molecule has 0 aromatic carbocycles. The molecule has 1 aliphatic heterocycles. The Hall–Kier alpha value is -0.810. The first kappa shape index (κ1) is 12.6. The Bertz CT molecular complexity index is 441. The molecule has 2 heterocycles. The first-order valence-electron chi connectivity index (χ1n) is 5.46. The fourth-order valence-electron chi connectivity index (χ4n) is 2.10. The van der Waals surface area contributed by atoms with Gasteiger partial charge in [0.1, 0.15) is 11.9 Å². The summed E-state index contributed by atoms with van der Waals surface area (Å²) in [5.74, 6) is 0.323. The van der Waals surface area contributed by atoms with Crippen LogP contribution in [0, 0.1) is 0 Å². The molecule has 2 N–H and O–H groups in total. The van der Waals surface area contributed by atoms with Gasteiger partial charge >= 0.3 is 0 Å². The van der Waals surface area contributed by atoms with Crippen molar-refractivity contribution in [3.63, 3.8) is 0 Å². The maximum atomic E-state index is 11.4. The molecule has 1 aromatic rings. The summed E-state index contributed by atoms with van der Waals surface area (Å²) in [7, 11) is 0. The Balaban J connectivity index is 2.32. The molecule has 0 saturated carbocycles. The van der Waals surface area contributed by atoms with Gasteiger partial charge in [-0.1, -0.05) is 11.6 Å². The minimum atomic E-state index is -0.314. The van der Waals surface area contributed by atoms with Gasteiger partial charge in [0.2, 0.25) is 5.91 Å². The Kier molecular flexibility index (Phi) is 3.89. The highest BCUT2D eigenvalue weighted by molar-refractivity contribution is 9.10. The second kappa shape index (κ2) is 5.23. The Morgan fingerprint density at radius 3 is 3.00 bits per heavy atom. The number of piperidine rings is 1. The van der Waals surface area contributed by atoms with E-state index in [2.05, 4.69) is 20.9 Å². The zero-order chi connectivity index (χ0) is 12.4. The van der Waals surface area contributed by atoms with E-state index in [4.69, 9.17) is 17.3 Å². The summed E-state index contributed by atoms with van der Waals surface area (Å²) in [5, 5.41) is 0.535. The second-order valence-electron chi connectivity index (χ2n) is 4.07. The van der Waals surface area contributed by atoms with Gasteiger partial charge in [0.05, 0.1) is 5.02 Å². The first-order chi connectivity index (χ1) is 8.09. The van der Waals surface area contributed by atoms with Crippen LogP contribution in [0.4, 0.5) is 5.82 Å². The number of amides is 1. The van der Waals surface area contributed by atoms with Gasteiger partial charge in [0.15, 0.2) is 0 Å². The lowest BCUT2D eigenvalue weighted by Crippen LogP contribution is -2.48. The number of halogens is 2. The van der Waals surface area contributed by atoms with Crippen LogP contribution in [0.15, 0.2) is 16.7 Å². The zero-order valence-electron chi connectivity index (χ0n) is 9.20. The lowest BCUT2D eigenvalue weighted by Gasteiger charge is -2.35. The van der Waals surface area contributed by atoms with Crippen LogP contribution in [0.2, 0.25) is 5.02 Å². The monoisotopic (exact) mass is 317 g/mol. The molecule has 0 radical (unpaired) electrons. The van der Waals surface area contributed by atoms with Crippen molar-refractivity contribution < 1.29 is 4.79 Å². The molecule has 1 unspecified atom stereocenters. The van der Waals surface area contributed by atoms with Gasteiger partial charge in [-0.15, -0.1) is 0 Å². The number of nitrogens with two attached hydrogens (primary N) is 1. The van der Waals surface area contributed by atoms with Crippen molar-refractivity contribution >= 4 is 39.3 Å². The summed E-state index contributed by atoms with van der Waals surface area (Å²) >= 11 is 9.45. The Morgan fingerprint density at radius 2 is 2.35 bits per heavy atom. The lowest BCUT2D eigenvalue weighted by atomic mass is 10.0. The summed E-state index contributed by atoms with van der Waals surface area (Å²) in [4.78, 5) is 17.6. The predicted octanol–water partition coefficient (Wildman–Crippen LogP) is 2.34. The van der Waals surface area contributed by atoms with Crippen LogP contribution in [-0.4, -0.2) is 23.5 Å². The number of hydrogen-bond acceptors (Lipinski definition) is 3. The number of anilines is 1. The van der Waals surface area contributed by atoms with E-state index in [9.17, 15) is 4.79 Å². The first-order valence-corrected chi connectivity index (χ1v) is 6.63. The molecule has 1 amide bonds. The SMILES string of the molecule is NC(=O)C1CCCCN1c1ncc(Br)cc1Cl. The normalized spacial score (nSPS) is 20.4. The predicted molar refractivity (Wildman–Crippen MR) is 71.1 cm³/mol. The molecule has 0 bridgehead atoms. The third-order valence-corrected chi connectivity index (χ3v) is 3.60. The van der Waals surface area contributed by atoms with Gasteiger partial charge in [0, 0.05) is 17.2 Å². The number of primary amides is 1. The average Bonchev–Trinajstić information content (AvgIpc) is 2.29. The van der Waals surface area contributed by atoms with E-state index in [1.54, 1.807) is 12.3 Å². The zero-order valence-corrected chi connectivity index (χ0v) is 11.5. The smallest absolute Gasteiger partial charge is 0.240 e. The van der Waals surface area contributed by atoms with Crippen LogP contribution in [0.25, 0.3) is 0 Å². The summed E-state index contributed by atoms with van der Waals surface area (Å²) in [6, 6.07) is 1.48. The van der Waals surface area contributed by atoms with Gasteiger partial charge in [-0.2, -0.15) is 0 Å². The second-order valence-corrected chi connectivity index (χ2v) is 5.39. The van der Waals surface area contributed by atoms with Crippen LogP contribution in [0.3, 0.4) is 0 Å². The highest BCUT2D eigenvalue weighted by Crippen LogP contribution is 2.30. The molecule has 17 heavy (non-hydrogen) atoms. The third kappa shape index (κ3) is 2.72. The number of pyridine rings is 1. The number of aromatic nitrogens is 1. The van der Waals surface area contributed by atoms with E-state index < -0.39 is 0 Å². The van der Waals surface area contributed by atoms with Gasteiger partial charge in [0.25, 0.3) is 0 Å². The van der Waals surface area contributed by atoms with E-state index in [0.717, 1.165) is 30.3 Å². The average molecular weight is 319 g/mol. The van der Waals surface area contributed by atoms with Crippen LogP contribution in [0.1, 0.15) is 19.3 Å². The van der Waals surface area contributed by atoms with Crippen molar-refractivity contribution in [2.24, 2.45) is 5.73 Å². The van der Waals surface area contributed by atoms with Gasteiger partial charge in [-0.05, 0) is 41.3 Å². The van der Waals surface area contributed by atoms with E-state index in [1.807, 2.05) is 4.90 Å². The number of carbonyl (C=O) groups excluding carboxylic acids is 1. The molecule has 1 fully saturated rings. The van der Waals surface area contributed by atoms with Crippen molar-refractivity contribution in [1.29, 1.82) is 0 Å². The minimum Gasteiger partial charge on any atom is -0.368 e.